The van der Waals surface area contributed by atoms with Gasteiger partial charge >= 0.3 is 0 Å². The summed E-state index contributed by atoms with van der Waals surface area (Å²) in [6.07, 6.45) is 0. The fourth-order valence-electron chi connectivity index (χ4n) is 1.41. The van der Waals surface area contributed by atoms with Crippen LogP contribution >= 0.6 is 11.8 Å². The molecule has 1 fully saturated rings. The number of thioether (sulfide) groups is 1. The molecule has 0 aromatic carbocycles. The Kier molecular flexibility index (Phi) is 3.69. The van der Waals surface area contributed by atoms with Crippen molar-refractivity contribution in [2.24, 2.45) is 0 Å². The summed E-state index contributed by atoms with van der Waals surface area (Å²) in [5.41, 5.74) is 0. The third kappa shape index (κ3) is 2.65. The van der Waals surface area contributed by atoms with Crippen LogP contribution in [0.4, 0.5) is 0 Å². The second-order valence-corrected chi connectivity index (χ2v) is 4.68. The first kappa shape index (κ1) is 9.36. The van der Waals surface area contributed by atoms with E-state index in [0.29, 0.717) is 12.6 Å². The Morgan fingerprint density at radius 3 is 2.91 bits per heavy atom. The summed E-state index contributed by atoms with van der Waals surface area (Å²) in [7, 11) is 0. The summed E-state index contributed by atoms with van der Waals surface area (Å²) in [6.45, 7) is 6.75. The molecule has 11 heavy (non-hydrogen) atoms. The first-order valence-corrected chi connectivity index (χ1v) is 5.25. The topological polar surface area (TPSA) is 23.5 Å². The van der Waals surface area contributed by atoms with Crippen LogP contribution in [0.2, 0.25) is 0 Å². The first-order valence-electron chi connectivity index (χ1n) is 4.20. The van der Waals surface area contributed by atoms with Gasteiger partial charge in [-0.15, -0.1) is 0 Å². The second kappa shape index (κ2) is 4.33. The molecule has 0 spiro atoms. The van der Waals surface area contributed by atoms with Crippen molar-refractivity contribution in [3.63, 3.8) is 0 Å². The van der Waals surface area contributed by atoms with Crippen molar-refractivity contribution < 1.29 is 5.11 Å². The lowest BCUT2D eigenvalue weighted by Gasteiger charge is -2.35. The molecule has 2 atom stereocenters. The molecule has 1 saturated heterocycles. The van der Waals surface area contributed by atoms with Gasteiger partial charge in [-0.05, 0) is 6.92 Å². The average Bonchev–Trinajstić information content (AvgIpc) is 1.98. The van der Waals surface area contributed by atoms with Crippen molar-refractivity contribution in [1.29, 1.82) is 0 Å². The van der Waals surface area contributed by atoms with E-state index < -0.39 is 0 Å². The molecule has 1 heterocycles. The van der Waals surface area contributed by atoms with Gasteiger partial charge in [-0.2, -0.15) is 11.8 Å². The molecule has 0 saturated carbocycles. The minimum Gasteiger partial charge on any atom is -0.395 e. The van der Waals surface area contributed by atoms with Crippen molar-refractivity contribution >= 4 is 11.8 Å². The van der Waals surface area contributed by atoms with Crippen LogP contribution in [-0.4, -0.2) is 46.7 Å². The van der Waals surface area contributed by atoms with Crippen LogP contribution in [0.15, 0.2) is 0 Å². The van der Waals surface area contributed by atoms with Crippen LogP contribution in [0.5, 0.6) is 0 Å². The smallest absolute Gasteiger partial charge is 0.0558 e. The molecule has 0 radical (unpaired) electrons. The second-order valence-electron chi connectivity index (χ2n) is 3.21. The standard InChI is InChI=1S/C8H17NOS/c1-7-6-11-8(2)5-9(7)3-4-10/h7-8,10H,3-6H2,1-2H3. The maximum absolute atomic E-state index is 8.77. The molecule has 66 valence electrons. The lowest BCUT2D eigenvalue weighted by atomic mass is 10.3. The Morgan fingerprint density at radius 2 is 2.27 bits per heavy atom. The molecular formula is C8H17NOS. The summed E-state index contributed by atoms with van der Waals surface area (Å²) in [4.78, 5) is 2.36. The number of aliphatic hydroxyl groups excluding tert-OH is 1. The summed E-state index contributed by atoms with van der Waals surface area (Å²) in [5, 5.41) is 9.51. The molecule has 2 nitrogen and oxygen atoms in total. The van der Waals surface area contributed by atoms with Crippen LogP contribution in [0.1, 0.15) is 13.8 Å². The summed E-state index contributed by atoms with van der Waals surface area (Å²) >= 11 is 2.03. The van der Waals surface area contributed by atoms with E-state index >= 15 is 0 Å². The molecule has 0 aromatic rings. The third-order valence-electron chi connectivity index (χ3n) is 2.12. The molecule has 1 aliphatic heterocycles. The zero-order valence-electron chi connectivity index (χ0n) is 7.29. The molecule has 0 aliphatic carbocycles. The Morgan fingerprint density at radius 1 is 1.55 bits per heavy atom. The highest BCUT2D eigenvalue weighted by atomic mass is 32.2. The van der Waals surface area contributed by atoms with Gasteiger partial charge in [0.25, 0.3) is 0 Å². The molecule has 0 amide bonds. The largest absolute Gasteiger partial charge is 0.395 e. The maximum Gasteiger partial charge on any atom is 0.0558 e. The van der Waals surface area contributed by atoms with Gasteiger partial charge < -0.3 is 5.11 Å². The van der Waals surface area contributed by atoms with Crippen LogP contribution < -0.4 is 0 Å². The van der Waals surface area contributed by atoms with E-state index in [1.165, 1.54) is 5.75 Å². The van der Waals surface area contributed by atoms with Crippen molar-refractivity contribution in [3.05, 3.63) is 0 Å². The van der Waals surface area contributed by atoms with E-state index in [9.17, 15) is 0 Å². The zero-order chi connectivity index (χ0) is 8.27. The normalized spacial score (nSPS) is 34.1. The van der Waals surface area contributed by atoms with Gasteiger partial charge in [0, 0.05) is 30.1 Å². The maximum atomic E-state index is 8.77. The van der Waals surface area contributed by atoms with Crippen molar-refractivity contribution in [2.45, 2.75) is 25.1 Å². The first-order chi connectivity index (χ1) is 5.24. The summed E-state index contributed by atoms with van der Waals surface area (Å²) < 4.78 is 0. The molecule has 1 rings (SSSR count). The van der Waals surface area contributed by atoms with Gasteiger partial charge in [0.1, 0.15) is 0 Å². The number of rotatable bonds is 2. The van der Waals surface area contributed by atoms with Gasteiger partial charge in [0.2, 0.25) is 0 Å². The molecule has 1 aliphatic rings. The highest BCUT2D eigenvalue weighted by Gasteiger charge is 2.21. The Balaban J connectivity index is 2.34. The van der Waals surface area contributed by atoms with Crippen LogP contribution in [-0.2, 0) is 0 Å². The number of hydrogen-bond acceptors (Lipinski definition) is 3. The number of β-amino-alcohol motifs (C(OH)–C–C–N with tert-alkyl or cyclic N) is 1. The van der Waals surface area contributed by atoms with Crippen molar-refractivity contribution in [2.75, 3.05) is 25.4 Å². The lowest BCUT2D eigenvalue weighted by Crippen LogP contribution is -2.44. The van der Waals surface area contributed by atoms with Crippen LogP contribution in [0, 0.1) is 0 Å². The average molecular weight is 175 g/mol. The van der Waals surface area contributed by atoms with Gasteiger partial charge in [-0.1, -0.05) is 6.92 Å². The molecule has 0 aromatic heterocycles. The van der Waals surface area contributed by atoms with E-state index in [1.807, 2.05) is 11.8 Å². The Hall–Kier alpha value is 0.270. The fourth-order valence-corrected chi connectivity index (χ4v) is 2.53. The SMILES string of the molecule is CC1CN(CCO)C(C)CS1. The highest BCUT2D eigenvalue weighted by molar-refractivity contribution is 8.00. The summed E-state index contributed by atoms with van der Waals surface area (Å²) in [6, 6.07) is 0.642. The predicted octanol–water partition coefficient (Wildman–Crippen LogP) is 0.804. The van der Waals surface area contributed by atoms with Crippen molar-refractivity contribution in [1.82, 2.24) is 4.90 Å². The van der Waals surface area contributed by atoms with Gasteiger partial charge in [0.15, 0.2) is 0 Å². The number of hydrogen-bond donors (Lipinski definition) is 1. The van der Waals surface area contributed by atoms with Gasteiger partial charge in [-0.25, -0.2) is 0 Å². The summed E-state index contributed by atoms with van der Waals surface area (Å²) in [5.74, 6) is 1.21. The molecule has 2 unspecified atom stereocenters. The quantitative estimate of drug-likeness (QED) is 0.671. The predicted molar refractivity (Wildman–Crippen MR) is 50.0 cm³/mol. The molecule has 0 bridgehead atoms. The molecule has 3 heteroatoms. The molecular weight excluding hydrogens is 158 g/mol. The van der Waals surface area contributed by atoms with E-state index in [1.54, 1.807) is 0 Å². The monoisotopic (exact) mass is 175 g/mol. The Labute approximate surface area is 73.0 Å². The van der Waals surface area contributed by atoms with E-state index in [-0.39, 0.29) is 0 Å². The van der Waals surface area contributed by atoms with E-state index in [0.717, 1.165) is 18.3 Å². The van der Waals surface area contributed by atoms with Crippen LogP contribution in [0.25, 0.3) is 0 Å². The molecule has 1 N–H and O–H groups in total. The van der Waals surface area contributed by atoms with E-state index in [4.69, 9.17) is 5.11 Å². The van der Waals surface area contributed by atoms with Crippen molar-refractivity contribution in [3.8, 4) is 0 Å². The highest BCUT2D eigenvalue weighted by Crippen LogP contribution is 2.21. The number of nitrogens with zero attached hydrogens (tertiary/aromatic N) is 1. The Bertz CT molecular complexity index is 121. The van der Waals surface area contributed by atoms with Gasteiger partial charge in [-0.3, -0.25) is 4.90 Å². The van der Waals surface area contributed by atoms with Gasteiger partial charge in [0.05, 0.1) is 6.61 Å². The van der Waals surface area contributed by atoms with E-state index in [2.05, 4.69) is 18.7 Å². The fraction of sp³-hybridized carbons (Fsp3) is 1.00. The third-order valence-corrected chi connectivity index (χ3v) is 3.52. The lowest BCUT2D eigenvalue weighted by molar-refractivity contribution is 0.165. The minimum atomic E-state index is 0.293. The minimum absolute atomic E-state index is 0.293. The van der Waals surface area contributed by atoms with Crippen LogP contribution in [0.3, 0.4) is 0 Å². The number of aliphatic hydroxyl groups is 1. The zero-order valence-corrected chi connectivity index (χ0v) is 8.10.